The van der Waals surface area contributed by atoms with Gasteiger partial charge in [0.25, 0.3) is 0 Å². The molecule has 0 saturated heterocycles. The van der Waals surface area contributed by atoms with Crippen molar-refractivity contribution in [2.24, 2.45) is 0 Å². The zero-order valence-electron chi connectivity index (χ0n) is 7.08. The van der Waals surface area contributed by atoms with Crippen molar-refractivity contribution in [3.63, 3.8) is 0 Å². The highest BCUT2D eigenvalue weighted by atomic mass is 16.5. The largest absolute Gasteiger partial charge is 0.364 e. The van der Waals surface area contributed by atoms with Gasteiger partial charge in [0.2, 0.25) is 0 Å². The molecule has 0 atom stereocenters. The first-order chi connectivity index (χ1) is 5.33. The standard InChI is InChI=1S/C8H14N2O/c1-3-5-10(2)7-8-4-6-11-9-8/h4,6H,3,5,7H2,1-2H3. The molecule has 0 fully saturated rings. The molecule has 1 aromatic rings. The Labute approximate surface area is 67.0 Å². The lowest BCUT2D eigenvalue weighted by molar-refractivity contribution is 0.311. The summed E-state index contributed by atoms with van der Waals surface area (Å²) in [7, 11) is 2.08. The second-order valence-corrected chi connectivity index (χ2v) is 2.73. The number of rotatable bonds is 4. The minimum absolute atomic E-state index is 0.879. The Kier molecular flexibility index (Phi) is 3.11. The first kappa shape index (κ1) is 8.27. The van der Waals surface area contributed by atoms with Crippen LogP contribution in [0.25, 0.3) is 0 Å². The summed E-state index contributed by atoms with van der Waals surface area (Å²) in [6, 6.07) is 1.90. The number of hydrogen-bond acceptors (Lipinski definition) is 3. The van der Waals surface area contributed by atoms with Crippen LogP contribution in [0.2, 0.25) is 0 Å². The van der Waals surface area contributed by atoms with Crippen molar-refractivity contribution < 1.29 is 4.52 Å². The number of hydrogen-bond donors (Lipinski definition) is 0. The quantitative estimate of drug-likeness (QED) is 0.658. The smallest absolute Gasteiger partial charge is 0.124 e. The van der Waals surface area contributed by atoms with E-state index in [9.17, 15) is 0 Å². The lowest BCUT2D eigenvalue weighted by atomic mass is 10.4. The minimum atomic E-state index is 0.879. The zero-order valence-corrected chi connectivity index (χ0v) is 7.08. The topological polar surface area (TPSA) is 29.3 Å². The third kappa shape index (κ3) is 2.72. The minimum Gasteiger partial charge on any atom is -0.364 e. The molecule has 0 aromatic carbocycles. The van der Waals surface area contributed by atoms with Crippen molar-refractivity contribution >= 4 is 0 Å². The van der Waals surface area contributed by atoms with Gasteiger partial charge in [0, 0.05) is 12.6 Å². The Balaban J connectivity index is 2.31. The molecule has 0 aliphatic heterocycles. The van der Waals surface area contributed by atoms with Gasteiger partial charge in [-0.05, 0) is 20.0 Å². The van der Waals surface area contributed by atoms with E-state index >= 15 is 0 Å². The third-order valence-corrected chi connectivity index (χ3v) is 1.53. The molecule has 1 aromatic heterocycles. The molecule has 0 N–H and O–H groups in total. The predicted octanol–water partition coefficient (Wildman–Crippen LogP) is 1.52. The fourth-order valence-corrected chi connectivity index (χ4v) is 1.06. The molecular weight excluding hydrogens is 140 g/mol. The van der Waals surface area contributed by atoms with E-state index in [-0.39, 0.29) is 0 Å². The molecule has 3 heteroatoms. The van der Waals surface area contributed by atoms with Gasteiger partial charge >= 0.3 is 0 Å². The van der Waals surface area contributed by atoms with Crippen molar-refractivity contribution in [2.75, 3.05) is 13.6 Å². The third-order valence-electron chi connectivity index (χ3n) is 1.53. The van der Waals surface area contributed by atoms with Crippen LogP contribution in [-0.4, -0.2) is 23.6 Å². The number of aromatic nitrogens is 1. The molecule has 0 radical (unpaired) electrons. The van der Waals surface area contributed by atoms with E-state index in [0.717, 1.165) is 18.8 Å². The van der Waals surface area contributed by atoms with Gasteiger partial charge in [-0.3, -0.25) is 0 Å². The van der Waals surface area contributed by atoms with Crippen LogP contribution >= 0.6 is 0 Å². The molecule has 0 aliphatic rings. The summed E-state index contributed by atoms with van der Waals surface area (Å²) in [5.74, 6) is 0. The van der Waals surface area contributed by atoms with E-state index < -0.39 is 0 Å². The summed E-state index contributed by atoms with van der Waals surface area (Å²) in [4.78, 5) is 2.22. The molecule has 3 nitrogen and oxygen atoms in total. The Morgan fingerprint density at radius 1 is 1.64 bits per heavy atom. The molecule has 0 aliphatic carbocycles. The maximum absolute atomic E-state index is 4.72. The van der Waals surface area contributed by atoms with Gasteiger partial charge in [0.15, 0.2) is 0 Å². The van der Waals surface area contributed by atoms with E-state index in [1.807, 2.05) is 6.07 Å². The second-order valence-electron chi connectivity index (χ2n) is 2.73. The Morgan fingerprint density at radius 2 is 2.45 bits per heavy atom. The summed E-state index contributed by atoms with van der Waals surface area (Å²) in [5, 5.41) is 3.82. The molecule has 0 bridgehead atoms. The van der Waals surface area contributed by atoms with Gasteiger partial charge in [0.05, 0.1) is 5.69 Å². The van der Waals surface area contributed by atoms with Gasteiger partial charge in [-0.1, -0.05) is 12.1 Å². The van der Waals surface area contributed by atoms with Crippen molar-refractivity contribution in [2.45, 2.75) is 19.9 Å². The zero-order chi connectivity index (χ0) is 8.10. The summed E-state index contributed by atoms with van der Waals surface area (Å²) in [5.41, 5.74) is 1.00. The van der Waals surface area contributed by atoms with E-state index in [1.165, 1.54) is 6.42 Å². The molecule has 0 unspecified atom stereocenters. The normalized spacial score (nSPS) is 10.8. The van der Waals surface area contributed by atoms with Crippen LogP contribution in [0.15, 0.2) is 16.9 Å². The molecule has 0 saturated carbocycles. The summed E-state index contributed by atoms with van der Waals surface area (Å²) >= 11 is 0. The first-order valence-corrected chi connectivity index (χ1v) is 3.90. The second kappa shape index (κ2) is 4.13. The maximum atomic E-state index is 4.72. The summed E-state index contributed by atoms with van der Waals surface area (Å²) in [6.45, 7) is 4.15. The van der Waals surface area contributed by atoms with E-state index in [1.54, 1.807) is 6.26 Å². The highest BCUT2D eigenvalue weighted by Gasteiger charge is 2.00. The van der Waals surface area contributed by atoms with Crippen LogP contribution in [0.1, 0.15) is 19.0 Å². The van der Waals surface area contributed by atoms with Crippen molar-refractivity contribution in [3.05, 3.63) is 18.0 Å². The Morgan fingerprint density at radius 3 is 3.00 bits per heavy atom. The van der Waals surface area contributed by atoms with Crippen molar-refractivity contribution in [1.29, 1.82) is 0 Å². The van der Waals surface area contributed by atoms with Gasteiger partial charge in [-0.2, -0.15) is 0 Å². The Bertz CT molecular complexity index is 184. The van der Waals surface area contributed by atoms with Gasteiger partial charge in [0.1, 0.15) is 6.26 Å². The SMILES string of the molecule is CCCN(C)Cc1ccon1. The van der Waals surface area contributed by atoms with Crippen molar-refractivity contribution in [1.82, 2.24) is 10.1 Å². The van der Waals surface area contributed by atoms with Crippen molar-refractivity contribution in [3.8, 4) is 0 Å². The van der Waals surface area contributed by atoms with Crippen LogP contribution in [0.3, 0.4) is 0 Å². The molecule has 0 amide bonds. The van der Waals surface area contributed by atoms with Crippen LogP contribution in [-0.2, 0) is 6.54 Å². The monoisotopic (exact) mass is 154 g/mol. The average Bonchev–Trinajstić information content (AvgIpc) is 2.40. The fraction of sp³-hybridized carbons (Fsp3) is 0.625. The van der Waals surface area contributed by atoms with Crippen LogP contribution < -0.4 is 0 Å². The van der Waals surface area contributed by atoms with Gasteiger partial charge < -0.3 is 9.42 Å². The highest BCUT2D eigenvalue weighted by molar-refractivity contribution is 4.94. The summed E-state index contributed by atoms with van der Waals surface area (Å²) in [6.07, 6.45) is 2.78. The number of nitrogens with zero attached hydrogens (tertiary/aromatic N) is 2. The summed E-state index contributed by atoms with van der Waals surface area (Å²) < 4.78 is 4.72. The molecular formula is C8H14N2O. The van der Waals surface area contributed by atoms with Gasteiger partial charge in [-0.25, -0.2) is 0 Å². The van der Waals surface area contributed by atoms with E-state index in [2.05, 4.69) is 24.0 Å². The molecule has 0 spiro atoms. The lowest BCUT2D eigenvalue weighted by Gasteiger charge is -2.12. The first-order valence-electron chi connectivity index (χ1n) is 3.90. The van der Waals surface area contributed by atoms with E-state index in [0.29, 0.717) is 0 Å². The van der Waals surface area contributed by atoms with Crippen LogP contribution in [0.4, 0.5) is 0 Å². The van der Waals surface area contributed by atoms with E-state index in [4.69, 9.17) is 4.52 Å². The van der Waals surface area contributed by atoms with Gasteiger partial charge in [-0.15, -0.1) is 0 Å². The lowest BCUT2D eigenvalue weighted by Crippen LogP contribution is -2.18. The molecule has 62 valence electrons. The van der Waals surface area contributed by atoms with Crippen LogP contribution in [0, 0.1) is 0 Å². The predicted molar refractivity (Wildman–Crippen MR) is 43.1 cm³/mol. The molecule has 1 rings (SSSR count). The molecule has 1 heterocycles. The van der Waals surface area contributed by atoms with Crippen LogP contribution in [0.5, 0.6) is 0 Å². The molecule has 11 heavy (non-hydrogen) atoms. The maximum Gasteiger partial charge on any atom is 0.124 e. The Hall–Kier alpha value is -0.830. The fourth-order valence-electron chi connectivity index (χ4n) is 1.06. The average molecular weight is 154 g/mol. The highest BCUT2D eigenvalue weighted by Crippen LogP contribution is 1.99.